The van der Waals surface area contributed by atoms with Gasteiger partial charge in [0.25, 0.3) is 11.8 Å². The third kappa shape index (κ3) is 8.82. The summed E-state index contributed by atoms with van der Waals surface area (Å²) < 4.78 is 15.9. The number of carbonyl (C=O) groups excluding carboxylic acids is 4. The number of anilines is 1. The third-order valence-corrected chi connectivity index (χ3v) is 5.35. The molecule has 0 heterocycles. The lowest BCUT2D eigenvalue weighted by Crippen LogP contribution is -2.43. The van der Waals surface area contributed by atoms with E-state index in [0.29, 0.717) is 22.9 Å². The van der Waals surface area contributed by atoms with Gasteiger partial charge in [-0.2, -0.15) is 0 Å². The van der Waals surface area contributed by atoms with Crippen LogP contribution in [0.1, 0.15) is 29.6 Å². The summed E-state index contributed by atoms with van der Waals surface area (Å²) in [6, 6.07) is 20.4. The van der Waals surface area contributed by atoms with Crippen LogP contribution in [0, 0.1) is 0 Å². The highest BCUT2D eigenvalue weighted by Gasteiger charge is 2.13. The molecule has 11 heteroatoms. The fourth-order valence-corrected chi connectivity index (χ4v) is 3.37. The van der Waals surface area contributed by atoms with E-state index in [-0.39, 0.29) is 35.8 Å². The lowest BCUT2D eigenvalue weighted by molar-refractivity contribution is -0.148. The molecule has 0 aromatic heterocycles. The molecule has 10 nitrogen and oxygen atoms in total. The largest absolute Gasteiger partial charge is 0.493 e. The Hall–Kier alpha value is -4.57. The van der Waals surface area contributed by atoms with Crippen LogP contribution in [0.2, 0.25) is 5.02 Å². The van der Waals surface area contributed by atoms with Gasteiger partial charge in [-0.05, 0) is 55.0 Å². The molecule has 0 bridgehead atoms. The van der Waals surface area contributed by atoms with Crippen molar-refractivity contribution in [2.75, 3.05) is 19.0 Å². The lowest BCUT2D eigenvalue weighted by Gasteiger charge is -2.11. The average Bonchev–Trinajstić information content (AvgIpc) is 2.92. The molecule has 3 rings (SSSR count). The van der Waals surface area contributed by atoms with Crippen molar-refractivity contribution >= 4 is 41.0 Å². The van der Waals surface area contributed by atoms with Gasteiger partial charge in [-0.1, -0.05) is 35.9 Å². The maximum Gasteiger partial charge on any atom is 0.306 e. The van der Waals surface area contributed by atoms with Crippen LogP contribution < -0.4 is 25.6 Å². The van der Waals surface area contributed by atoms with E-state index in [1.54, 1.807) is 55.6 Å². The highest BCUT2D eigenvalue weighted by atomic mass is 35.5. The predicted molar refractivity (Wildman–Crippen MR) is 140 cm³/mol. The van der Waals surface area contributed by atoms with Crippen LogP contribution in [-0.4, -0.2) is 37.4 Å². The van der Waals surface area contributed by atoms with E-state index in [9.17, 15) is 19.2 Å². The molecule has 0 aliphatic rings. The van der Waals surface area contributed by atoms with Crippen molar-refractivity contribution in [2.24, 2.45) is 0 Å². The summed E-state index contributed by atoms with van der Waals surface area (Å²) in [4.78, 5) is 47.8. The summed E-state index contributed by atoms with van der Waals surface area (Å²) in [6.45, 7) is -0.586. The molecule has 0 saturated carbocycles. The Labute approximate surface area is 224 Å². The van der Waals surface area contributed by atoms with Gasteiger partial charge in [-0.25, -0.2) is 0 Å². The Balaban J connectivity index is 1.31. The molecule has 0 fully saturated rings. The maximum absolute atomic E-state index is 12.2. The van der Waals surface area contributed by atoms with Crippen molar-refractivity contribution in [1.82, 2.24) is 10.9 Å². The summed E-state index contributed by atoms with van der Waals surface area (Å²) in [6.07, 6.45) is 0.248. The third-order valence-electron chi connectivity index (χ3n) is 5.02. The van der Waals surface area contributed by atoms with Crippen LogP contribution in [0.3, 0.4) is 0 Å². The minimum Gasteiger partial charge on any atom is -0.493 e. The molecule has 0 saturated heterocycles. The number of benzene rings is 3. The van der Waals surface area contributed by atoms with Crippen LogP contribution in [0.25, 0.3) is 0 Å². The lowest BCUT2D eigenvalue weighted by atomic mass is 10.2. The van der Waals surface area contributed by atoms with Crippen molar-refractivity contribution in [1.29, 1.82) is 0 Å². The summed E-state index contributed by atoms with van der Waals surface area (Å²) in [5, 5.41) is 2.97. The topological polar surface area (TPSA) is 132 Å². The molecule has 3 amide bonds. The number of ether oxygens (including phenoxy) is 3. The maximum atomic E-state index is 12.2. The molecule has 0 aliphatic carbocycles. The van der Waals surface area contributed by atoms with E-state index in [0.717, 1.165) is 0 Å². The number of hydrogen-bond donors (Lipinski definition) is 3. The first-order valence-corrected chi connectivity index (χ1v) is 11.9. The number of para-hydroxylation sites is 2. The van der Waals surface area contributed by atoms with E-state index < -0.39 is 24.4 Å². The average molecular weight is 540 g/mol. The molecule has 3 N–H and O–H groups in total. The van der Waals surface area contributed by atoms with Gasteiger partial charge < -0.3 is 19.5 Å². The second-order valence-electron chi connectivity index (χ2n) is 7.82. The molecule has 0 atom stereocenters. The van der Waals surface area contributed by atoms with Crippen molar-refractivity contribution in [3.05, 3.63) is 83.4 Å². The van der Waals surface area contributed by atoms with Crippen LogP contribution in [0.15, 0.2) is 72.8 Å². The molecule has 0 unspecified atom stereocenters. The number of methoxy groups -OCH3 is 1. The Morgan fingerprint density at radius 1 is 0.789 bits per heavy atom. The fourth-order valence-electron chi connectivity index (χ4n) is 3.15. The number of esters is 1. The summed E-state index contributed by atoms with van der Waals surface area (Å²) in [5.41, 5.74) is 5.07. The zero-order valence-corrected chi connectivity index (χ0v) is 21.2. The number of halogens is 1. The number of hydrogen-bond acceptors (Lipinski definition) is 7. The van der Waals surface area contributed by atoms with Crippen LogP contribution in [-0.2, 0) is 19.1 Å². The first-order valence-electron chi connectivity index (χ1n) is 11.6. The van der Waals surface area contributed by atoms with E-state index in [2.05, 4.69) is 16.2 Å². The number of hydrazine groups is 1. The van der Waals surface area contributed by atoms with Gasteiger partial charge in [0.1, 0.15) is 5.75 Å². The Morgan fingerprint density at radius 2 is 1.47 bits per heavy atom. The first kappa shape index (κ1) is 28.0. The zero-order valence-electron chi connectivity index (χ0n) is 20.5. The Kier molecular flexibility index (Phi) is 10.5. The summed E-state index contributed by atoms with van der Waals surface area (Å²) in [7, 11) is 1.56. The minimum absolute atomic E-state index is 0.0572. The molecule has 0 aliphatic heterocycles. The van der Waals surface area contributed by atoms with Crippen LogP contribution in [0.4, 0.5) is 5.69 Å². The smallest absolute Gasteiger partial charge is 0.306 e. The number of carbonyl (C=O) groups is 4. The Morgan fingerprint density at radius 3 is 2.18 bits per heavy atom. The van der Waals surface area contributed by atoms with Crippen molar-refractivity contribution < 1.29 is 33.4 Å². The molecular formula is C27H26ClN3O7. The van der Waals surface area contributed by atoms with Gasteiger partial charge in [-0.3, -0.25) is 30.0 Å². The molecule has 3 aromatic rings. The van der Waals surface area contributed by atoms with Crippen molar-refractivity contribution in [3.63, 3.8) is 0 Å². The quantitative estimate of drug-likeness (QED) is 0.245. The molecule has 3 aromatic carbocycles. The van der Waals surface area contributed by atoms with Gasteiger partial charge in [0, 0.05) is 18.5 Å². The molecule has 198 valence electrons. The highest BCUT2D eigenvalue weighted by molar-refractivity contribution is 6.33. The van der Waals surface area contributed by atoms with Crippen molar-refractivity contribution in [2.45, 2.75) is 19.3 Å². The summed E-state index contributed by atoms with van der Waals surface area (Å²) in [5.74, 6) is -0.529. The second kappa shape index (κ2) is 14.2. The molecule has 38 heavy (non-hydrogen) atoms. The Bertz CT molecular complexity index is 1280. The van der Waals surface area contributed by atoms with E-state index in [4.69, 9.17) is 25.8 Å². The van der Waals surface area contributed by atoms with Gasteiger partial charge in [-0.15, -0.1) is 0 Å². The second-order valence-corrected chi connectivity index (χ2v) is 8.23. The van der Waals surface area contributed by atoms with Gasteiger partial charge in [0.15, 0.2) is 18.1 Å². The number of amides is 3. The van der Waals surface area contributed by atoms with Crippen LogP contribution >= 0.6 is 11.6 Å². The van der Waals surface area contributed by atoms with Gasteiger partial charge in [0.2, 0.25) is 5.91 Å². The van der Waals surface area contributed by atoms with E-state index in [1.807, 2.05) is 12.1 Å². The molecule has 0 spiro atoms. The molecule has 0 radical (unpaired) electrons. The molecular weight excluding hydrogens is 514 g/mol. The van der Waals surface area contributed by atoms with Crippen molar-refractivity contribution in [3.8, 4) is 17.2 Å². The normalized spacial score (nSPS) is 10.2. The monoisotopic (exact) mass is 539 g/mol. The SMILES string of the molecule is COc1ccccc1Oc1ccc(NC(=O)CCCC(=O)OCC(=O)NNC(=O)c2ccccc2Cl)cc1. The van der Waals surface area contributed by atoms with Gasteiger partial charge >= 0.3 is 5.97 Å². The van der Waals surface area contributed by atoms with Gasteiger partial charge in [0.05, 0.1) is 17.7 Å². The van der Waals surface area contributed by atoms with E-state index in [1.165, 1.54) is 12.1 Å². The van der Waals surface area contributed by atoms with Crippen LogP contribution in [0.5, 0.6) is 17.2 Å². The standard InChI is InChI=1S/C27H26ClN3O7/c1-36-22-9-4-5-10-23(22)38-19-15-13-18(14-16-19)29-24(32)11-6-12-26(34)37-17-25(33)30-31-27(35)20-7-2-3-8-21(20)28/h2-5,7-10,13-16H,6,11-12,17H2,1H3,(H,29,32)(H,30,33)(H,31,35). The van der Waals surface area contributed by atoms with E-state index >= 15 is 0 Å². The zero-order chi connectivity index (χ0) is 27.3. The predicted octanol–water partition coefficient (Wildman–Crippen LogP) is 4.25. The summed E-state index contributed by atoms with van der Waals surface area (Å²) >= 11 is 5.92. The highest BCUT2D eigenvalue weighted by Crippen LogP contribution is 2.31. The number of rotatable bonds is 11. The first-order chi connectivity index (χ1) is 18.4. The minimum atomic E-state index is -0.727. The fraction of sp³-hybridized carbons (Fsp3) is 0.185. The number of nitrogens with one attached hydrogen (secondary N) is 3.